The lowest BCUT2D eigenvalue weighted by molar-refractivity contribution is 0.464. The molecule has 0 aliphatic heterocycles. The van der Waals surface area contributed by atoms with Gasteiger partial charge in [-0.2, -0.15) is 4.98 Å². The summed E-state index contributed by atoms with van der Waals surface area (Å²) in [6.07, 6.45) is 5.32. The summed E-state index contributed by atoms with van der Waals surface area (Å²) >= 11 is 0. The van der Waals surface area contributed by atoms with Crippen LogP contribution in [0.2, 0.25) is 0 Å². The van der Waals surface area contributed by atoms with E-state index in [1.807, 2.05) is 23.7 Å². The predicted octanol–water partition coefficient (Wildman–Crippen LogP) is 3.09. The Hall–Kier alpha value is -2.63. The molecular formula is C14H13FN4O. The molecule has 0 aliphatic rings. The summed E-state index contributed by atoms with van der Waals surface area (Å²) in [5.41, 5.74) is 0.607. The Morgan fingerprint density at radius 2 is 2.10 bits per heavy atom. The second kappa shape index (κ2) is 5.16. The van der Waals surface area contributed by atoms with Crippen LogP contribution in [-0.4, -0.2) is 20.9 Å². The highest BCUT2D eigenvalue weighted by Crippen LogP contribution is 2.25. The van der Waals surface area contributed by atoms with Gasteiger partial charge in [-0.1, -0.05) is 0 Å². The molecule has 0 spiro atoms. The Bertz CT molecular complexity index is 724. The van der Waals surface area contributed by atoms with Gasteiger partial charge in [0.25, 0.3) is 5.88 Å². The summed E-state index contributed by atoms with van der Waals surface area (Å²) in [5.74, 6) is 1.27. The van der Waals surface area contributed by atoms with Gasteiger partial charge in [-0.3, -0.25) is 4.40 Å². The van der Waals surface area contributed by atoms with E-state index in [0.29, 0.717) is 23.1 Å². The number of nitrogens with zero attached hydrogens (tertiary/aromatic N) is 3. The third kappa shape index (κ3) is 2.40. The molecule has 0 saturated heterocycles. The SMILES string of the molecule is CCNc1cn2ccnc2c(Oc2ccc(F)cc2)n1. The Morgan fingerprint density at radius 3 is 2.85 bits per heavy atom. The lowest BCUT2D eigenvalue weighted by Gasteiger charge is -2.09. The van der Waals surface area contributed by atoms with Crippen LogP contribution >= 0.6 is 0 Å². The van der Waals surface area contributed by atoms with Gasteiger partial charge in [-0.05, 0) is 31.2 Å². The highest BCUT2D eigenvalue weighted by molar-refractivity contribution is 5.55. The highest BCUT2D eigenvalue weighted by Gasteiger charge is 2.09. The van der Waals surface area contributed by atoms with Crippen LogP contribution in [0.5, 0.6) is 11.6 Å². The fourth-order valence-electron chi connectivity index (χ4n) is 1.85. The minimum absolute atomic E-state index is 0.308. The Labute approximate surface area is 115 Å². The van der Waals surface area contributed by atoms with E-state index in [2.05, 4.69) is 15.3 Å². The summed E-state index contributed by atoms with van der Waals surface area (Å²) < 4.78 is 20.4. The van der Waals surface area contributed by atoms with Crippen LogP contribution < -0.4 is 10.1 Å². The minimum Gasteiger partial charge on any atom is -0.436 e. The molecule has 0 aliphatic carbocycles. The molecule has 3 rings (SSSR count). The van der Waals surface area contributed by atoms with Crippen LogP contribution in [0.1, 0.15) is 6.92 Å². The summed E-state index contributed by atoms with van der Waals surface area (Å²) in [6, 6.07) is 5.78. The third-order valence-corrected chi connectivity index (χ3v) is 2.73. The molecule has 0 fully saturated rings. The van der Waals surface area contributed by atoms with E-state index in [4.69, 9.17) is 4.74 Å². The molecule has 102 valence electrons. The van der Waals surface area contributed by atoms with Crippen molar-refractivity contribution in [3.63, 3.8) is 0 Å². The van der Waals surface area contributed by atoms with Crippen molar-refractivity contribution in [1.82, 2.24) is 14.4 Å². The van der Waals surface area contributed by atoms with E-state index >= 15 is 0 Å². The number of fused-ring (bicyclic) bond motifs is 1. The number of ether oxygens (including phenoxy) is 1. The second-order valence-electron chi connectivity index (χ2n) is 4.18. The molecule has 0 amide bonds. The van der Waals surface area contributed by atoms with Crippen molar-refractivity contribution >= 4 is 11.5 Å². The van der Waals surface area contributed by atoms with Crippen molar-refractivity contribution in [3.8, 4) is 11.6 Å². The normalized spacial score (nSPS) is 10.7. The van der Waals surface area contributed by atoms with Gasteiger partial charge in [0.05, 0.1) is 6.20 Å². The molecule has 0 radical (unpaired) electrons. The number of hydrogen-bond donors (Lipinski definition) is 1. The van der Waals surface area contributed by atoms with Gasteiger partial charge in [0, 0.05) is 18.9 Å². The number of nitrogens with one attached hydrogen (secondary N) is 1. The topological polar surface area (TPSA) is 51.5 Å². The molecule has 2 heterocycles. The summed E-state index contributed by atoms with van der Waals surface area (Å²) in [7, 11) is 0. The molecule has 20 heavy (non-hydrogen) atoms. The molecule has 1 aromatic carbocycles. The second-order valence-corrected chi connectivity index (χ2v) is 4.18. The Kier molecular flexibility index (Phi) is 3.20. The van der Waals surface area contributed by atoms with Gasteiger partial charge in [-0.15, -0.1) is 0 Å². The smallest absolute Gasteiger partial charge is 0.265 e. The number of aromatic nitrogens is 3. The summed E-state index contributed by atoms with van der Waals surface area (Å²) in [5, 5.41) is 3.13. The maximum Gasteiger partial charge on any atom is 0.265 e. The number of benzene rings is 1. The van der Waals surface area contributed by atoms with E-state index in [1.54, 1.807) is 18.3 Å². The molecule has 0 bridgehead atoms. The zero-order chi connectivity index (χ0) is 13.9. The van der Waals surface area contributed by atoms with Crippen LogP contribution in [-0.2, 0) is 0 Å². The number of anilines is 1. The average molecular weight is 272 g/mol. The van der Waals surface area contributed by atoms with Crippen LogP contribution in [0.25, 0.3) is 5.65 Å². The van der Waals surface area contributed by atoms with Gasteiger partial charge in [0.1, 0.15) is 17.4 Å². The van der Waals surface area contributed by atoms with Gasteiger partial charge < -0.3 is 10.1 Å². The van der Waals surface area contributed by atoms with Crippen molar-refractivity contribution < 1.29 is 9.13 Å². The van der Waals surface area contributed by atoms with Crippen LogP contribution in [0.15, 0.2) is 42.9 Å². The summed E-state index contributed by atoms with van der Waals surface area (Å²) in [6.45, 7) is 2.74. The molecule has 2 aromatic heterocycles. The van der Waals surface area contributed by atoms with Gasteiger partial charge in [-0.25, -0.2) is 9.37 Å². The molecule has 0 saturated carbocycles. The van der Waals surface area contributed by atoms with Crippen molar-refractivity contribution in [2.75, 3.05) is 11.9 Å². The van der Waals surface area contributed by atoms with Crippen molar-refractivity contribution in [2.45, 2.75) is 6.92 Å². The van der Waals surface area contributed by atoms with Gasteiger partial charge >= 0.3 is 0 Å². The van der Waals surface area contributed by atoms with E-state index in [1.165, 1.54) is 12.1 Å². The molecular weight excluding hydrogens is 259 g/mol. The first-order chi connectivity index (χ1) is 9.76. The Balaban J connectivity index is 2.00. The average Bonchev–Trinajstić information content (AvgIpc) is 2.90. The fraction of sp³-hybridized carbons (Fsp3) is 0.143. The quantitative estimate of drug-likeness (QED) is 0.793. The van der Waals surface area contributed by atoms with Gasteiger partial charge in [0.2, 0.25) is 5.65 Å². The third-order valence-electron chi connectivity index (χ3n) is 2.73. The standard InChI is InChI=1S/C14H13FN4O/c1-2-16-12-9-19-8-7-17-13(19)14(18-12)20-11-5-3-10(15)4-6-11/h3-9,16H,2H2,1H3. The van der Waals surface area contributed by atoms with E-state index in [9.17, 15) is 4.39 Å². The molecule has 6 heteroatoms. The molecule has 0 atom stereocenters. The number of rotatable bonds is 4. The van der Waals surface area contributed by atoms with Crippen molar-refractivity contribution in [1.29, 1.82) is 0 Å². The van der Waals surface area contributed by atoms with Crippen LogP contribution in [0.3, 0.4) is 0 Å². The van der Waals surface area contributed by atoms with E-state index < -0.39 is 0 Å². The molecule has 3 aromatic rings. The maximum absolute atomic E-state index is 12.9. The number of imidazole rings is 1. The van der Waals surface area contributed by atoms with Crippen molar-refractivity contribution in [2.24, 2.45) is 0 Å². The minimum atomic E-state index is -0.308. The van der Waals surface area contributed by atoms with Gasteiger partial charge in [0.15, 0.2) is 0 Å². The number of halogens is 1. The first-order valence-corrected chi connectivity index (χ1v) is 6.27. The molecule has 0 unspecified atom stereocenters. The molecule has 5 nitrogen and oxygen atoms in total. The maximum atomic E-state index is 12.9. The van der Waals surface area contributed by atoms with Crippen LogP contribution in [0.4, 0.5) is 10.2 Å². The lowest BCUT2D eigenvalue weighted by atomic mass is 10.3. The lowest BCUT2D eigenvalue weighted by Crippen LogP contribution is -2.03. The monoisotopic (exact) mass is 272 g/mol. The van der Waals surface area contributed by atoms with E-state index in [-0.39, 0.29) is 5.82 Å². The first-order valence-electron chi connectivity index (χ1n) is 6.27. The highest BCUT2D eigenvalue weighted by atomic mass is 19.1. The summed E-state index contributed by atoms with van der Waals surface area (Å²) in [4.78, 5) is 8.58. The zero-order valence-corrected chi connectivity index (χ0v) is 10.9. The zero-order valence-electron chi connectivity index (χ0n) is 10.9. The molecule has 1 N–H and O–H groups in total. The first kappa shape index (κ1) is 12.4. The Morgan fingerprint density at radius 1 is 1.30 bits per heavy atom. The predicted molar refractivity (Wildman–Crippen MR) is 73.6 cm³/mol. The number of hydrogen-bond acceptors (Lipinski definition) is 4. The fourth-order valence-corrected chi connectivity index (χ4v) is 1.85. The van der Waals surface area contributed by atoms with Crippen molar-refractivity contribution in [3.05, 3.63) is 48.7 Å². The largest absolute Gasteiger partial charge is 0.436 e. The van der Waals surface area contributed by atoms with Crippen LogP contribution in [0, 0.1) is 5.82 Å². The van der Waals surface area contributed by atoms with E-state index in [0.717, 1.165) is 6.54 Å².